The van der Waals surface area contributed by atoms with Gasteiger partial charge in [0.25, 0.3) is 0 Å². The molecule has 0 radical (unpaired) electrons. The first-order valence-electron chi connectivity index (χ1n) is 8.78. The molecule has 6 heteroatoms. The summed E-state index contributed by atoms with van der Waals surface area (Å²) in [5.41, 5.74) is 0.982. The molecule has 2 aromatic carbocycles. The fourth-order valence-corrected chi connectivity index (χ4v) is 2.96. The Kier molecular flexibility index (Phi) is 6.09. The lowest BCUT2D eigenvalue weighted by Gasteiger charge is -2.26. The zero-order valence-electron chi connectivity index (χ0n) is 15.1. The summed E-state index contributed by atoms with van der Waals surface area (Å²) < 4.78 is 11.4. The molecule has 138 valence electrons. The van der Waals surface area contributed by atoms with Crippen molar-refractivity contribution in [2.75, 3.05) is 20.3 Å². The summed E-state index contributed by atoms with van der Waals surface area (Å²) >= 11 is 0. The lowest BCUT2D eigenvalue weighted by atomic mass is 10.1. The van der Waals surface area contributed by atoms with Crippen LogP contribution in [0.3, 0.4) is 0 Å². The minimum absolute atomic E-state index is 0.00875. The molecule has 1 fully saturated rings. The van der Waals surface area contributed by atoms with E-state index in [9.17, 15) is 4.79 Å². The van der Waals surface area contributed by atoms with Crippen LogP contribution in [0.1, 0.15) is 18.9 Å². The third-order valence-corrected chi connectivity index (χ3v) is 4.20. The number of methoxy groups -OCH3 is 1. The van der Waals surface area contributed by atoms with E-state index in [0.717, 1.165) is 17.7 Å². The van der Waals surface area contributed by atoms with Gasteiger partial charge >= 0.3 is 0 Å². The molecule has 0 bridgehead atoms. The van der Waals surface area contributed by atoms with Crippen LogP contribution in [0.25, 0.3) is 0 Å². The summed E-state index contributed by atoms with van der Waals surface area (Å²) in [5.74, 6) is 2.04. The van der Waals surface area contributed by atoms with Crippen LogP contribution in [0.5, 0.6) is 17.2 Å². The van der Waals surface area contributed by atoms with Crippen molar-refractivity contribution in [1.82, 2.24) is 10.4 Å². The Morgan fingerprint density at radius 1 is 1.15 bits per heavy atom. The molecule has 0 spiro atoms. The SMILES string of the molecule is CCON(Cc1ccc(Oc2ccccc2)c(OC)c1)C1CCNC1=O. The number of hydrogen-bond acceptors (Lipinski definition) is 5. The second kappa shape index (κ2) is 8.69. The lowest BCUT2D eigenvalue weighted by molar-refractivity contribution is -0.190. The highest BCUT2D eigenvalue weighted by Gasteiger charge is 2.31. The quantitative estimate of drug-likeness (QED) is 0.737. The number of carbonyl (C=O) groups is 1. The summed E-state index contributed by atoms with van der Waals surface area (Å²) in [5, 5.41) is 4.59. The van der Waals surface area contributed by atoms with Crippen LogP contribution in [-0.2, 0) is 16.2 Å². The van der Waals surface area contributed by atoms with Crippen molar-refractivity contribution in [3.05, 3.63) is 54.1 Å². The Hall–Kier alpha value is -2.57. The zero-order chi connectivity index (χ0) is 18.4. The number of nitrogens with zero attached hydrogens (tertiary/aromatic N) is 1. The average molecular weight is 356 g/mol. The van der Waals surface area contributed by atoms with Crippen molar-refractivity contribution in [1.29, 1.82) is 0 Å². The van der Waals surface area contributed by atoms with Crippen molar-refractivity contribution < 1.29 is 19.1 Å². The van der Waals surface area contributed by atoms with Crippen molar-refractivity contribution in [3.63, 3.8) is 0 Å². The van der Waals surface area contributed by atoms with Gasteiger partial charge in [-0.2, -0.15) is 5.06 Å². The number of para-hydroxylation sites is 1. The number of amides is 1. The van der Waals surface area contributed by atoms with Crippen LogP contribution in [0.15, 0.2) is 48.5 Å². The highest BCUT2D eigenvalue weighted by molar-refractivity contribution is 5.83. The van der Waals surface area contributed by atoms with Gasteiger partial charge in [-0.1, -0.05) is 24.3 Å². The van der Waals surface area contributed by atoms with E-state index in [0.29, 0.717) is 31.2 Å². The maximum absolute atomic E-state index is 12.0. The number of carbonyl (C=O) groups excluding carboxylic acids is 1. The molecular formula is C20H24N2O4. The van der Waals surface area contributed by atoms with Gasteiger partial charge in [0.15, 0.2) is 11.5 Å². The molecule has 1 heterocycles. The highest BCUT2D eigenvalue weighted by atomic mass is 16.7. The van der Waals surface area contributed by atoms with Crippen LogP contribution in [0, 0.1) is 0 Å². The Morgan fingerprint density at radius 3 is 2.62 bits per heavy atom. The van der Waals surface area contributed by atoms with Gasteiger partial charge in [-0.15, -0.1) is 0 Å². The van der Waals surface area contributed by atoms with Crippen molar-refractivity contribution in [2.24, 2.45) is 0 Å². The van der Waals surface area contributed by atoms with Gasteiger partial charge in [0.05, 0.1) is 20.3 Å². The predicted octanol–water partition coefficient (Wildman–Crippen LogP) is 3.13. The van der Waals surface area contributed by atoms with E-state index in [2.05, 4.69) is 5.32 Å². The van der Waals surface area contributed by atoms with Crippen molar-refractivity contribution >= 4 is 5.91 Å². The van der Waals surface area contributed by atoms with E-state index < -0.39 is 0 Å². The summed E-state index contributed by atoms with van der Waals surface area (Å²) in [6, 6.07) is 15.0. The molecule has 1 aliphatic rings. The van der Waals surface area contributed by atoms with Gasteiger partial charge in [-0.3, -0.25) is 9.63 Å². The van der Waals surface area contributed by atoms with Crippen LogP contribution in [0.2, 0.25) is 0 Å². The van der Waals surface area contributed by atoms with E-state index >= 15 is 0 Å². The first kappa shape index (κ1) is 18.2. The van der Waals surface area contributed by atoms with E-state index in [4.69, 9.17) is 14.3 Å². The zero-order valence-corrected chi connectivity index (χ0v) is 15.1. The number of hydroxylamine groups is 2. The maximum atomic E-state index is 12.0. The molecule has 0 aliphatic carbocycles. The van der Waals surface area contributed by atoms with E-state index in [1.807, 2.05) is 55.5 Å². The number of nitrogens with one attached hydrogen (secondary N) is 1. The second-order valence-corrected chi connectivity index (χ2v) is 5.99. The van der Waals surface area contributed by atoms with Gasteiger partial charge in [0, 0.05) is 6.54 Å². The molecule has 0 aromatic heterocycles. The normalized spacial score (nSPS) is 16.6. The van der Waals surface area contributed by atoms with E-state index in [1.54, 1.807) is 12.2 Å². The van der Waals surface area contributed by atoms with Gasteiger partial charge in [-0.25, -0.2) is 0 Å². The summed E-state index contributed by atoms with van der Waals surface area (Å²) in [6.07, 6.45) is 0.741. The van der Waals surface area contributed by atoms with Crippen LogP contribution >= 0.6 is 0 Å². The van der Waals surface area contributed by atoms with Crippen LogP contribution < -0.4 is 14.8 Å². The Bertz CT molecular complexity index is 736. The second-order valence-electron chi connectivity index (χ2n) is 5.99. The first-order chi connectivity index (χ1) is 12.7. The van der Waals surface area contributed by atoms with E-state index in [-0.39, 0.29) is 11.9 Å². The molecule has 0 saturated carbocycles. The van der Waals surface area contributed by atoms with Gasteiger partial charge in [-0.05, 0) is 43.2 Å². The number of rotatable bonds is 8. The lowest BCUT2D eigenvalue weighted by Crippen LogP contribution is -2.40. The minimum atomic E-state index is -0.263. The minimum Gasteiger partial charge on any atom is -0.493 e. The molecule has 1 aliphatic heterocycles. The third kappa shape index (κ3) is 4.33. The number of ether oxygens (including phenoxy) is 2. The average Bonchev–Trinajstić information content (AvgIpc) is 3.09. The Balaban J connectivity index is 1.76. The molecular weight excluding hydrogens is 332 g/mol. The van der Waals surface area contributed by atoms with Gasteiger partial charge in [0.1, 0.15) is 11.8 Å². The smallest absolute Gasteiger partial charge is 0.239 e. The summed E-state index contributed by atoms with van der Waals surface area (Å²) in [7, 11) is 1.61. The largest absolute Gasteiger partial charge is 0.493 e. The number of benzene rings is 2. The van der Waals surface area contributed by atoms with Crippen molar-refractivity contribution in [3.8, 4) is 17.2 Å². The van der Waals surface area contributed by atoms with E-state index in [1.165, 1.54) is 0 Å². The summed E-state index contributed by atoms with van der Waals surface area (Å²) in [4.78, 5) is 17.7. The first-order valence-corrected chi connectivity index (χ1v) is 8.78. The molecule has 1 N–H and O–H groups in total. The van der Waals surface area contributed by atoms with Crippen LogP contribution in [-0.4, -0.2) is 37.3 Å². The molecule has 1 unspecified atom stereocenters. The molecule has 26 heavy (non-hydrogen) atoms. The third-order valence-electron chi connectivity index (χ3n) is 4.20. The number of hydrogen-bond donors (Lipinski definition) is 1. The monoisotopic (exact) mass is 356 g/mol. The van der Waals surface area contributed by atoms with Gasteiger partial charge in [0.2, 0.25) is 5.91 Å². The van der Waals surface area contributed by atoms with Gasteiger partial charge < -0.3 is 14.8 Å². The summed E-state index contributed by atoms with van der Waals surface area (Å²) in [6.45, 7) is 3.60. The Morgan fingerprint density at radius 2 is 1.96 bits per heavy atom. The molecule has 1 atom stereocenters. The fraction of sp³-hybridized carbons (Fsp3) is 0.350. The fourth-order valence-electron chi connectivity index (χ4n) is 2.96. The molecule has 2 aromatic rings. The van der Waals surface area contributed by atoms with Crippen LogP contribution in [0.4, 0.5) is 0 Å². The topological polar surface area (TPSA) is 60.0 Å². The Labute approximate surface area is 153 Å². The van der Waals surface area contributed by atoms with Crippen molar-refractivity contribution in [2.45, 2.75) is 25.9 Å². The molecule has 6 nitrogen and oxygen atoms in total. The molecule has 1 amide bonds. The maximum Gasteiger partial charge on any atom is 0.239 e. The molecule has 3 rings (SSSR count). The highest BCUT2D eigenvalue weighted by Crippen LogP contribution is 2.32. The molecule has 1 saturated heterocycles. The standard InChI is InChI=1S/C20H24N2O4/c1-3-25-22(17-11-12-21-20(17)23)14-15-9-10-18(19(13-15)24-2)26-16-7-5-4-6-8-16/h4-10,13,17H,3,11-12,14H2,1-2H3,(H,21,23). The predicted molar refractivity (Wildman–Crippen MR) is 98.1 cm³/mol.